The van der Waals surface area contributed by atoms with Gasteiger partial charge in [0.05, 0.1) is 13.2 Å². The van der Waals surface area contributed by atoms with Crippen molar-refractivity contribution in [3.05, 3.63) is 0 Å². The smallest absolute Gasteiger partial charge is 0.251 e. The Balaban J connectivity index is 2.61. The van der Waals surface area contributed by atoms with Crippen molar-refractivity contribution in [2.45, 2.75) is 26.2 Å². The molecule has 0 radical (unpaired) electrons. The average Bonchev–Trinajstić information content (AvgIpc) is 2.37. The third kappa shape index (κ3) is 6.12. The van der Waals surface area contributed by atoms with Crippen molar-refractivity contribution in [2.75, 3.05) is 52.5 Å². The summed E-state index contributed by atoms with van der Waals surface area (Å²) in [5, 5.41) is 12.3. The maximum Gasteiger partial charge on any atom is 0.251 e. The third-order valence-electron chi connectivity index (χ3n) is 3.67. The van der Waals surface area contributed by atoms with Gasteiger partial charge in [-0.15, -0.1) is 0 Å². The van der Waals surface area contributed by atoms with Crippen LogP contribution in [0.25, 0.3) is 0 Å². The van der Waals surface area contributed by atoms with E-state index < -0.39 is 6.43 Å². The highest BCUT2D eigenvalue weighted by Gasteiger charge is 2.34. The summed E-state index contributed by atoms with van der Waals surface area (Å²) in [6, 6.07) is 0. The quantitative estimate of drug-likeness (QED) is 0.660. The Morgan fingerprint density at radius 3 is 2.58 bits per heavy atom. The van der Waals surface area contributed by atoms with Crippen LogP contribution in [0, 0.1) is 5.41 Å². The molecule has 0 saturated carbocycles. The molecule has 0 aromatic rings. The van der Waals surface area contributed by atoms with E-state index in [1.54, 1.807) is 4.90 Å². The van der Waals surface area contributed by atoms with Gasteiger partial charge in [-0.05, 0) is 24.8 Å². The van der Waals surface area contributed by atoms with E-state index in [9.17, 15) is 8.78 Å². The number of nitrogens with one attached hydrogen (secondary N) is 1. The predicted octanol–water partition coefficient (Wildman–Crippen LogP) is 0.952. The van der Waals surface area contributed by atoms with Crippen LogP contribution in [0.5, 0.6) is 0 Å². The number of aliphatic hydroxyl groups is 1. The molecule has 1 aliphatic heterocycles. The van der Waals surface area contributed by atoms with Gasteiger partial charge in [0.2, 0.25) is 0 Å². The van der Waals surface area contributed by atoms with Crippen LogP contribution in [0.2, 0.25) is 0 Å². The lowest BCUT2D eigenvalue weighted by atomic mass is 9.79. The Hall–Kier alpha value is -0.300. The lowest BCUT2D eigenvalue weighted by molar-refractivity contribution is -0.0171. The maximum atomic E-state index is 12.6. The summed E-state index contributed by atoms with van der Waals surface area (Å²) in [5.74, 6) is 0. The minimum absolute atomic E-state index is 0.0156. The van der Waals surface area contributed by atoms with Gasteiger partial charge in [-0.2, -0.15) is 0 Å². The summed E-state index contributed by atoms with van der Waals surface area (Å²) in [4.78, 5) is 1.67. The van der Waals surface area contributed by atoms with Crippen LogP contribution in [0.4, 0.5) is 8.78 Å². The Bertz CT molecular complexity index is 237. The van der Waals surface area contributed by atoms with Crippen molar-refractivity contribution in [3.8, 4) is 0 Å². The lowest BCUT2D eigenvalue weighted by Crippen LogP contribution is -2.49. The first-order valence-electron chi connectivity index (χ1n) is 7.02. The summed E-state index contributed by atoms with van der Waals surface area (Å²) in [6.07, 6.45) is -0.598. The summed E-state index contributed by atoms with van der Waals surface area (Å²) >= 11 is 0. The topological polar surface area (TPSA) is 44.7 Å². The summed E-state index contributed by atoms with van der Waals surface area (Å²) < 4.78 is 30.5. The van der Waals surface area contributed by atoms with Crippen LogP contribution in [0.15, 0.2) is 0 Å². The first kappa shape index (κ1) is 16.8. The first-order chi connectivity index (χ1) is 9.12. The van der Waals surface area contributed by atoms with E-state index in [0.717, 1.165) is 25.9 Å². The van der Waals surface area contributed by atoms with E-state index in [1.165, 1.54) is 0 Å². The van der Waals surface area contributed by atoms with Crippen LogP contribution >= 0.6 is 0 Å². The van der Waals surface area contributed by atoms with Crippen LogP contribution in [0.3, 0.4) is 0 Å². The number of rotatable bonds is 9. The number of halogens is 2. The molecule has 114 valence electrons. The molecule has 1 saturated heterocycles. The Labute approximate surface area is 114 Å². The minimum atomic E-state index is -2.36. The van der Waals surface area contributed by atoms with Gasteiger partial charge >= 0.3 is 0 Å². The summed E-state index contributed by atoms with van der Waals surface area (Å²) in [6.45, 7) is 5.65. The molecule has 1 heterocycles. The molecule has 0 aliphatic carbocycles. The van der Waals surface area contributed by atoms with E-state index in [2.05, 4.69) is 5.32 Å². The molecule has 1 rings (SSSR count). The van der Waals surface area contributed by atoms with Crippen molar-refractivity contribution >= 4 is 0 Å². The molecule has 4 nitrogen and oxygen atoms in total. The molecule has 0 aromatic heterocycles. The normalized spacial score (nSPS) is 19.3. The standard InChI is InChI=1S/C13H26F2N2O2/c1-2-16-10-13(3-7-19-8-4-13)11-17(5-6-18)9-12(14)15/h12,16,18H,2-11H2,1H3. The van der Waals surface area contributed by atoms with E-state index in [-0.39, 0.29) is 18.6 Å². The highest BCUT2D eigenvalue weighted by molar-refractivity contribution is 4.87. The largest absolute Gasteiger partial charge is 0.395 e. The molecule has 0 atom stereocenters. The van der Waals surface area contributed by atoms with Gasteiger partial charge in [0.25, 0.3) is 6.43 Å². The zero-order chi connectivity index (χ0) is 14.1. The second-order valence-electron chi connectivity index (χ2n) is 5.24. The van der Waals surface area contributed by atoms with Crippen molar-refractivity contribution in [2.24, 2.45) is 5.41 Å². The number of hydrogen-bond acceptors (Lipinski definition) is 4. The van der Waals surface area contributed by atoms with Gasteiger partial charge in [-0.25, -0.2) is 8.78 Å². The SMILES string of the molecule is CCNCC1(CN(CCO)CC(F)F)CCOCC1. The first-order valence-corrected chi connectivity index (χ1v) is 7.02. The molecule has 0 aromatic carbocycles. The Morgan fingerprint density at radius 2 is 2.05 bits per heavy atom. The number of hydrogen-bond donors (Lipinski definition) is 2. The van der Waals surface area contributed by atoms with Crippen molar-refractivity contribution in [1.29, 1.82) is 0 Å². The van der Waals surface area contributed by atoms with Crippen LogP contribution in [-0.2, 0) is 4.74 Å². The fourth-order valence-corrected chi connectivity index (χ4v) is 2.63. The lowest BCUT2D eigenvalue weighted by Gasteiger charge is -2.41. The molecule has 2 N–H and O–H groups in total. The molecule has 1 fully saturated rings. The molecular formula is C13H26F2N2O2. The highest BCUT2D eigenvalue weighted by Crippen LogP contribution is 2.31. The number of nitrogens with zero attached hydrogens (tertiary/aromatic N) is 1. The third-order valence-corrected chi connectivity index (χ3v) is 3.67. The van der Waals surface area contributed by atoms with Crippen molar-refractivity contribution in [1.82, 2.24) is 10.2 Å². The maximum absolute atomic E-state index is 12.6. The van der Waals surface area contributed by atoms with E-state index in [0.29, 0.717) is 26.3 Å². The second kappa shape index (κ2) is 8.79. The minimum Gasteiger partial charge on any atom is -0.395 e. The van der Waals surface area contributed by atoms with Gasteiger partial charge in [-0.1, -0.05) is 6.92 Å². The zero-order valence-electron chi connectivity index (χ0n) is 11.7. The van der Waals surface area contributed by atoms with Gasteiger partial charge in [-0.3, -0.25) is 4.90 Å². The number of alkyl halides is 2. The van der Waals surface area contributed by atoms with Crippen LogP contribution < -0.4 is 5.32 Å². The number of ether oxygens (including phenoxy) is 1. The Kier molecular flexibility index (Phi) is 7.75. The molecule has 6 heteroatoms. The molecule has 0 spiro atoms. The predicted molar refractivity (Wildman–Crippen MR) is 70.6 cm³/mol. The monoisotopic (exact) mass is 280 g/mol. The molecule has 0 bridgehead atoms. The fourth-order valence-electron chi connectivity index (χ4n) is 2.63. The van der Waals surface area contributed by atoms with Crippen LogP contribution in [0.1, 0.15) is 19.8 Å². The molecule has 19 heavy (non-hydrogen) atoms. The highest BCUT2D eigenvalue weighted by atomic mass is 19.3. The van der Waals surface area contributed by atoms with Crippen molar-refractivity contribution in [3.63, 3.8) is 0 Å². The second-order valence-corrected chi connectivity index (χ2v) is 5.24. The van der Waals surface area contributed by atoms with Gasteiger partial charge in [0.1, 0.15) is 0 Å². The van der Waals surface area contributed by atoms with Crippen molar-refractivity contribution < 1.29 is 18.6 Å². The molecule has 0 unspecified atom stereocenters. The fraction of sp³-hybridized carbons (Fsp3) is 1.00. The van der Waals surface area contributed by atoms with E-state index in [4.69, 9.17) is 9.84 Å². The van der Waals surface area contributed by atoms with E-state index in [1.807, 2.05) is 6.92 Å². The molecule has 0 amide bonds. The average molecular weight is 280 g/mol. The summed E-state index contributed by atoms with van der Waals surface area (Å²) in [7, 11) is 0. The Morgan fingerprint density at radius 1 is 1.37 bits per heavy atom. The molecule has 1 aliphatic rings. The van der Waals surface area contributed by atoms with Gasteiger partial charge in [0, 0.05) is 32.8 Å². The van der Waals surface area contributed by atoms with E-state index >= 15 is 0 Å². The van der Waals surface area contributed by atoms with Crippen LogP contribution in [-0.4, -0.2) is 69.0 Å². The molecular weight excluding hydrogens is 254 g/mol. The van der Waals surface area contributed by atoms with Gasteiger partial charge in [0.15, 0.2) is 0 Å². The zero-order valence-corrected chi connectivity index (χ0v) is 11.7. The summed E-state index contributed by atoms with van der Waals surface area (Å²) in [5.41, 5.74) is -0.0156. The van der Waals surface area contributed by atoms with Gasteiger partial charge < -0.3 is 15.2 Å². The number of aliphatic hydroxyl groups excluding tert-OH is 1.